The molecule has 0 N–H and O–H groups in total. The average molecular weight is 583 g/mol. The fourth-order valence-electron chi connectivity index (χ4n) is 5.36. The highest BCUT2D eigenvalue weighted by Crippen LogP contribution is 2.47. The van der Waals surface area contributed by atoms with Crippen LogP contribution in [-0.4, -0.2) is 51.6 Å². The second-order valence-corrected chi connectivity index (χ2v) is 11.8. The first kappa shape index (κ1) is 24.6. The topological polar surface area (TPSA) is 72.9 Å². The van der Waals surface area contributed by atoms with Gasteiger partial charge in [-0.15, -0.1) is 0 Å². The molecule has 8 heteroatoms. The number of ether oxygens (including phenoxy) is 1. The van der Waals surface area contributed by atoms with Gasteiger partial charge in [0.2, 0.25) is 0 Å². The van der Waals surface area contributed by atoms with E-state index in [-0.39, 0.29) is 35.3 Å². The third kappa shape index (κ3) is 5.44. The maximum Gasteiger partial charge on any atom is 0.310 e. The number of fused-ring (bicyclic) bond motifs is 2. The van der Waals surface area contributed by atoms with Crippen molar-refractivity contribution in [2.24, 2.45) is 5.92 Å². The van der Waals surface area contributed by atoms with Gasteiger partial charge in [0.1, 0.15) is 0 Å². The Morgan fingerprint density at radius 3 is 2.45 bits per heavy atom. The van der Waals surface area contributed by atoms with Gasteiger partial charge in [0.25, 0.3) is 10.1 Å². The molecule has 4 rings (SSSR count). The van der Waals surface area contributed by atoms with Gasteiger partial charge in [0.05, 0.1) is 24.5 Å². The van der Waals surface area contributed by atoms with Gasteiger partial charge >= 0.3 is 5.97 Å². The van der Waals surface area contributed by atoms with Crippen molar-refractivity contribution < 1.29 is 22.1 Å². The van der Waals surface area contributed by atoms with E-state index in [0.29, 0.717) is 19.0 Å². The number of carbonyl (C=O) groups is 1. The summed E-state index contributed by atoms with van der Waals surface area (Å²) < 4.78 is 36.6. The highest BCUT2D eigenvalue weighted by molar-refractivity contribution is 14.1. The van der Waals surface area contributed by atoms with E-state index in [1.807, 2.05) is 6.92 Å². The molecule has 2 aromatic carbocycles. The van der Waals surface area contributed by atoms with E-state index in [9.17, 15) is 13.2 Å². The second kappa shape index (κ2) is 10.4. The predicted molar refractivity (Wildman–Crippen MR) is 134 cm³/mol. The van der Waals surface area contributed by atoms with E-state index in [0.717, 1.165) is 24.8 Å². The number of hydrogen-bond acceptors (Lipinski definition) is 6. The van der Waals surface area contributed by atoms with Crippen LogP contribution in [0.4, 0.5) is 0 Å². The van der Waals surface area contributed by atoms with E-state index in [2.05, 4.69) is 51.8 Å². The van der Waals surface area contributed by atoms with Crippen molar-refractivity contribution in [3.8, 4) is 0 Å². The lowest BCUT2D eigenvalue weighted by atomic mass is 9.76. The van der Waals surface area contributed by atoms with Crippen LogP contribution < -0.4 is 0 Å². The van der Waals surface area contributed by atoms with Crippen molar-refractivity contribution in [1.82, 2.24) is 4.90 Å². The normalized spacial score (nSPS) is 25.2. The Bertz CT molecular complexity index is 1070. The van der Waals surface area contributed by atoms with Crippen LogP contribution in [0.2, 0.25) is 0 Å². The molecule has 33 heavy (non-hydrogen) atoms. The standard InChI is InChI=1S/C25H30INO5S/c1-17-4-11-21(12-5-17)33(29,30)32-15-3-14-27-20-10-13-23(27)24(25(28)31-2)22(16-20)18-6-8-19(26)9-7-18/h4-9,11-12,20,22-24H,3,10,13-16H2,1-2H3/t20?,22?,23?,24-/m0/s1. The first-order chi connectivity index (χ1) is 15.8. The summed E-state index contributed by atoms with van der Waals surface area (Å²) in [5.41, 5.74) is 2.19. The number of rotatable bonds is 8. The lowest BCUT2D eigenvalue weighted by Crippen LogP contribution is -2.51. The van der Waals surface area contributed by atoms with E-state index in [4.69, 9.17) is 8.92 Å². The number of halogens is 1. The molecule has 0 saturated carbocycles. The quantitative estimate of drug-likeness (QED) is 0.197. The Labute approximate surface area is 209 Å². The van der Waals surface area contributed by atoms with Crippen LogP contribution in [-0.2, 0) is 23.8 Å². The summed E-state index contributed by atoms with van der Waals surface area (Å²) in [4.78, 5) is 15.4. The third-order valence-electron chi connectivity index (χ3n) is 6.94. The van der Waals surface area contributed by atoms with Crippen LogP contribution in [0.25, 0.3) is 0 Å². The van der Waals surface area contributed by atoms with Gasteiger partial charge < -0.3 is 4.74 Å². The zero-order valence-corrected chi connectivity index (χ0v) is 21.9. The number of nitrogens with zero attached hydrogens (tertiary/aromatic N) is 1. The van der Waals surface area contributed by atoms with Crippen molar-refractivity contribution >= 4 is 38.7 Å². The van der Waals surface area contributed by atoms with E-state index in [1.54, 1.807) is 24.3 Å². The molecule has 2 aromatic rings. The molecule has 2 heterocycles. The highest BCUT2D eigenvalue weighted by atomic mass is 127. The zero-order chi connectivity index (χ0) is 23.6. The molecule has 2 fully saturated rings. The molecule has 6 nitrogen and oxygen atoms in total. The summed E-state index contributed by atoms with van der Waals surface area (Å²) in [7, 11) is -2.30. The smallest absolute Gasteiger partial charge is 0.310 e. The molecule has 2 aliphatic rings. The van der Waals surface area contributed by atoms with Crippen LogP contribution >= 0.6 is 22.6 Å². The van der Waals surface area contributed by atoms with Crippen molar-refractivity contribution in [1.29, 1.82) is 0 Å². The number of benzene rings is 2. The summed E-state index contributed by atoms with van der Waals surface area (Å²) in [6, 6.07) is 15.6. The number of methoxy groups -OCH3 is 1. The first-order valence-electron chi connectivity index (χ1n) is 11.4. The summed E-state index contributed by atoms with van der Waals surface area (Å²) in [5.74, 6) is -0.237. The Hall–Kier alpha value is -1.49. The maximum atomic E-state index is 12.8. The molecule has 0 aromatic heterocycles. The van der Waals surface area contributed by atoms with Crippen LogP contribution in [0.1, 0.15) is 42.7 Å². The number of aryl methyl sites for hydroxylation is 1. The number of piperidine rings is 1. The van der Waals surface area contributed by atoms with Gasteiger partial charge in [-0.1, -0.05) is 29.8 Å². The van der Waals surface area contributed by atoms with Gasteiger partial charge in [-0.3, -0.25) is 13.9 Å². The SMILES string of the molecule is COC(=O)[C@H]1C(c2ccc(I)cc2)CC2CCC1N2CCCOS(=O)(=O)c1ccc(C)cc1. The summed E-state index contributed by atoms with van der Waals surface area (Å²) >= 11 is 2.29. The lowest BCUT2D eigenvalue weighted by molar-refractivity contribution is -0.150. The van der Waals surface area contributed by atoms with Crippen molar-refractivity contribution in [3.63, 3.8) is 0 Å². The Balaban J connectivity index is 1.40. The van der Waals surface area contributed by atoms with Crippen LogP contribution in [0.15, 0.2) is 53.4 Å². The van der Waals surface area contributed by atoms with Crippen LogP contribution in [0, 0.1) is 16.4 Å². The summed E-state index contributed by atoms with van der Waals surface area (Å²) in [6.07, 6.45) is 3.48. The predicted octanol–water partition coefficient (Wildman–Crippen LogP) is 4.50. The summed E-state index contributed by atoms with van der Waals surface area (Å²) in [6.45, 7) is 2.73. The maximum absolute atomic E-state index is 12.8. The van der Waals surface area contributed by atoms with Crippen LogP contribution in [0.5, 0.6) is 0 Å². The minimum Gasteiger partial charge on any atom is -0.469 e. The number of carbonyl (C=O) groups excluding carboxylic acids is 1. The van der Waals surface area contributed by atoms with E-state index < -0.39 is 10.1 Å². The zero-order valence-electron chi connectivity index (χ0n) is 18.9. The minimum atomic E-state index is -3.76. The summed E-state index contributed by atoms with van der Waals surface area (Å²) in [5, 5.41) is 0. The largest absolute Gasteiger partial charge is 0.469 e. The van der Waals surface area contributed by atoms with Crippen molar-refractivity contribution in [2.45, 2.75) is 55.5 Å². The van der Waals surface area contributed by atoms with Crippen LogP contribution in [0.3, 0.4) is 0 Å². The fourth-order valence-corrected chi connectivity index (χ4v) is 6.66. The van der Waals surface area contributed by atoms with Crippen molar-refractivity contribution in [2.75, 3.05) is 20.3 Å². The Kier molecular flexibility index (Phi) is 7.77. The van der Waals surface area contributed by atoms with Gasteiger partial charge in [0, 0.05) is 28.1 Å². The molecular formula is C25H30INO5S. The number of hydrogen-bond donors (Lipinski definition) is 0. The molecule has 0 amide bonds. The van der Waals surface area contributed by atoms with Gasteiger partial charge in [-0.2, -0.15) is 8.42 Å². The average Bonchev–Trinajstić information content (AvgIpc) is 3.07. The third-order valence-corrected chi connectivity index (χ3v) is 8.99. The highest BCUT2D eigenvalue weighted by Gasteiger charge is 2.50. The fraction of sp³-hybridized carbons (Fsp3) is 0.480. The van der Waals surface area contributed by atoms with Gasteiger partial charge in [0.15, 0.2) is 0 Å². The molecule has 2 saturated heterocycles. The molecule has 0 aliphatic carbocycles. The molecule has 4 atom stereocenters. The monoisotopic (exact) mass is 583 g/mol. The van der Waals surface area contributed by atoms with Crippen molar-refractivity contribution in [3.05, 3.63) is 63.2 Å². The Morgan fingerprint density at radius 1 is 1.09 bits per heavy atom. The van der Waals surface area contributed by atoms with E-state index >= 15 is 0 Å². The minimum absolute atomic E-state index is 0.106. The lowest BCUT2D eigenvalue weighted by Gasteiger charge is -2.43. The second-order valence-electron chi connectivity index (χ2n) is 8.92. The molecule has 178 valence electrons. The Morgan fingerprint density at radius 2 is 1.79 bits per heavy atom. The first-order valence-corrected chi connectivity index (χ1v) is 13.8. The molecule has 2 aliphatic heterocycles. The van der Waals surface area contributed by atoms with Gasteiger partial charge in [-0.25, -0.2) is 0 Å². The molecule has 0 spiro atoms. The molecule has 2 bridgehead atoms. The molecular weight excluding hydrogens is 553 g/mol. The van der Waals surface area contributed by atoms with Gasteiger partial charge in [-0.05, 0) is 85.0 Å². The molecule has 3 unspecified atom stereocenters. The molecule has 0 radical (unpaired) electrons. The van der Waals surface area contributed by atoms with E-state index in [1.165, 1.54) is 16.2 Å². The number of esters is 1.